The van der Waals surface area contributed by atoms with Crippen LogP contribution in [0, 0.1) is 15.9 Å². The molecule has 0 unspecified atom stereocenters. The maximum absolute atomic E-state index is 13.3. The fraction of sp³-hybridized carbons (Fsp3) is 0.188. The highest BCUT2D eigenvalue weighted by Gasteiger charge is 2.24. The summed E-state index contributed by atoms with van der Waals surface area (Å²) in [5.74, 6) is -1.37. The molecule has 0 aliphatic heterocycles. The molecule has 0 fully saturated rings. The standard InChI is InChI=1S/C16H15FN2O4/c1-11(16(20)18(2)13-6-4-3-5-7-13)23-15-10-12(17)8-9-14(15)19(21)22/h3-11H,1-2H3/t11-/m1/s1. The van der Waals surface area contributed by atoms with Gasteiger partial charge in [0.1, 0.15) is 5.82 Å². The molecular formula is C16H15FN2O4. The Morgan fingerprint density at radius 1 is 1.26 bits per heavy atom. The molecule has 0 saturated carbocycles. The Morgan fingerprint density at radius 2 is 1.91 bits per heavy atom. The number of halogens is 1. The van der Waals surface area contributed by atoms with E-state index in [1.165, 1.54) is 11.8 Å². The highest BCUT2D eigenvalue weighted by Crippen LogP contribution is 2.28. The lowest BCUT2D eigenvalue weighted by Crippen LogP contribution is -2.38. The minimum absolute atomic E-state index is 0.280. The zero-order valence-electron chi connectivity index (χ0n) is 12.6. The molecule has 7 heteroatoms. The predicted molar refractivity (Wildman–Crippen MR) is 83.0 cm³/mol. The van der Waals surface area contributed by atoms with Crippen LogP contribution in [-0.2, 0) is 4.79 Å². The molecular weight excluding hydrogens is 303 g/mol. The summed E-state index contributed by atoms with van der Waals surface area (Å²) < 4.78 is 18.6. The monoisotopic (exact) mass is 318 g/mol. The van der Waals surface area contributed by atoms with Gasteiger partial charge in [-0.3, -0.25) is 14.9 Å². The van der Waals surface area contributed by atoms with E-state index < -0.39 is 28.4 Å². The highest BCUT2D eigenvalue weighted by atomic mass is 19.1. The van der Waals surface area contributed by atoms with Gasteiger partial charge in [0.05, 0.1) is 4.92 Å². The molecule has 1 atom stereocenters. The van der Waals surface area contributed by atoms with Crippen molar-refractivity contribution < 1.29 is 18.8 Å². The smallest absolute Gasteiger partial charge is 0.311 e. The van der Waals surface area contributed by atoms with Crippen LogP contribution in [0.25, 0.3) is 0 Å². The normalized spacial score (nSPS) is 11.6. The number of ether oxygens (including phenoxy) is 1. The Morgan fingerprint density at radius 3 is 2.52 bits per heavy atom. The molecule has 2 rings (SSSR count). The van der Waals surface area contributed by atoms with E-state index in [4.69, 9.17) is 4.74 Å². The molecule has 0 N–H and O–H groups in total. The number of nitro groups is 1. The molecule has 0 aromatic heterocycles. The first kappa shape index (κ1) is 16.4. The number of carbonyl (C=O) groups is 1. The third-order valence-corrected chi connectivity index (χ3v) is 3.24. The van der Waals surface area contributed by atoms with Crippen molar-refractivity contribution >= 4 is 17.3 Å². The van der Waals surface area contributed by atoms with Gasteiger partial charge in [-0.15, -0.1) is 0 Å². The molecule has 6 nitrogen and oxygen atoms in total. The fourth-order valence-electron chi connectivity index (χ4n) is 2.03. The zero-order chi connectivity index (χ0) is 17.0. The highest BCUT2D eigenvalue weighted by molar-refractivity contribution is 5.96. The minimum atomic E-state index is -1.01. The fourth-order valence-corrected chi connectivity index (χ4v) is 2.03. The van der Waals surface area contributed by atoms with E-state index in [1.54, 1.807) is 31.3 Å². The topological polar surface area (TPSA) is 72.7 Å². The van der Waals surface area contributed by atoms with Crippen LogP contribution in [0.15, 0.2) is 48.5 Å². The first-order valence-electron chi connectivity index (χ1n) is 6.83. The summed E-state index contributed by atoms with van der Waals surface area (Å²) in [4.78, 5) is 24.0. The van der Waals surface area contributed by atoms with Gasteiger partial charge >= 0.3 is 5.69 Å². The molecule has 120 valence electrons. The lowest BCUT2D eigenvalue weighted by molar-refractivity contribution is -0.386. The van der Waals surface area contributed by atoms with Gasteiger partial charge in [0.15, 0.2) is 6.10 Å². The van der Waals surface area contributed by atoms with E-state index >= 15 is 0 Å². The van der Waals surface area contributed by atoms with E-state index in [0.29, 0.717) is 5.69 Å². The predicted octanol–water partition coefficient (Wildman–Crippen LogP) is 3.16. The maximum atomic E-state index is 13.3. The molecule has 0 bridgehead atoms. The first-order chi connectivity index (χ1) is 10.9. The Kier molecular flexibility index (Phi) is 4.90. The minimum Gasteiger partial charge on any atom is -0.474 e. The number of nitrogens with zero attached hydrogens (tertiary/aromatic N) is 2. The summed E-state index contributed by atoms with van der Waals surface area (Å²) in [5, 5.41) is 10.9. The van der Waals surface area contributed by atoms with E-state index in [2.05, 4.69) is 0 Å². The van der Waals surface area contributed by atoms with E-state index in [0.717, 1.165) is 18.2 Å². The van der Waals surface area contributed by atoms with Crippen LogP contribution in [0.3, 0.4) is 0 Å². The van der Waals surface area contributed by atoms with Crippen molar-refractivity contribution in [1.29, 1.82) is 0 Å². The van der Waals surface area contributed by atoms with Gasteiger partial charge in [-0.25, -0.2) is 4.39 Å². The van der Waals surface area contributed by atoms with Gasteiger partial charge in [0.25, 0.3) is 5.91 Å². The molecule has 0 saturated heterocycles. The Bertz CT molecular complexity index is 721. The van der Waals surface area contributed by atoms with Gasteiger partial charge in [-0.2, -0.15) is 0 Å². The Balaban J connectivity index is 2.19. The second kappa shape index (κ2) is 6.87. The number of nitro benzene ring substituents is 1. The van der Waals surface area contributed by atoms with E-state index in [9.17, 15) is 19.3 Å². The van der Waals surface area contributed by atoms with Gasteiger partial charge in [0, 0.05) is 24.9 Å². The van der Waals surface area contributed by atoms with Gasteiger partial charge in [0.2, 0.25) is 5.75 Å². The number of amides is 1. The Labute approximate surface area is 132 Å². The summed E-state index contributed by atoms with van der Waals surface area (Å²) in [6.07, 6.45) is -1.01. The Hall–Kier alpha value is -2.96. The van der Waals surface area contributed by atoms with Crippen molar-refractivity contribution in [2.75, 3.05) is 11.9 Å². The van der Waals surface area contributed by atoms with Gasteiger partial charge in [-0.05, 0) is 25.1 Å². The number of hydrogen-bond acceptors (Lipinski definition) is 4. The van der Waals surface area contributed by atoms with Crippen molar-refractivity contribution in [3.63, 3.8) is 0 Å². The number of carbonyl (C=O) groups excluding carboxylic acids is 1. The van der Waals surface area contributed by atoms with Crippen LogP contribution in [0.1, 0.15) is 6.92 Å². The van der Waals surface area contributed by atoms with Crippen LogP contribution in [0.4, 0.5) is 15.8 Å². The number of hydrogen-bond donors (Lipinski definition) is 0. The lowest BCUT2D eigenvalue weighted by Gasteiger charge is -2.22. The molecule has 1 amide bonds. The van der Waals surface area contributed by atoms with Crippen molar-refractivity contribution in [3.8, 4) is 5.75 Å². The average Bonchev–Trinajstić information content (AvgIpc) is 2.54. The van der Waals surface area contributed by atoms with Crippen molar-refractivity contribution in [1.82, 2.24) is 0 Å². The van der Waals surface area contributed by atoms with Crippen molar-refractivity contribution in [2.45, 2.75) is 13.0 Å². The zero-order valence-corrected chi connectivity index (χ0v) is 12.6. The van der Waals surface area contributed by atoms with Crippen LogP contribution >= 0.6 is 0 Å². The van der Waals surface area contributed by atoms with Crippen LogP contribution in [-0.4, -0.2) is 24.0 Å². The quantitative estimate of drug-likeness (QED) is 0.627. The lowest BCUT2D eigenvalue weighted by atomic mass is 10.2. The number of anilines is 1. The molecule has 2 aromatic rings. The van der Waals surface area contributed by atoms with Crippen molar-refractivity contribution in [2.24, 2.45) is 0 Å². The van der Waals surface area contributed by atoms with E-state index in [1.807, 2.05) is 6.07 Å². The largest absolute Gasteiger partial charge is 0.474 e. The maximum Gasteiger partial charge on any atom is 0.311 e. The number of benzene rings is 2. The summed E-state index contributed by atoms with van der Waals surface area (Å²) in [6, 6.07) is 11.7. The van der Waals surface area contributed by atoms with Crippen LogP contribution < -0.4 is 9.64 Å². The third-order valence-electron chi connectivity index (χ3n) is 3.24. The van der Waals surface area contributed by atoms with Crippen LogP contribution in [0.5, 0.6) is 5.75 Å². The summed E-state index contributed by atoms with van der Waals surface area (Å²) in [6.45, 7) is 1.45. The number of para-hydroxylation sites is 1. The second-order valence-electron chi connectivity index (χ2n) is 4.86. The number of rotatable bonds is 5. The molecule has 23 heavy (non-hydrogen) atoms. The third kappa shape index (κ3) is 3.82. The first-order valence-corrected chi connectivity index (χ1v) is 6.83. The van der Waals surface area contributed by atoms with Gasteiger partial charge < -0.3 is 9.64 Å². The molecule has 0 heterocycles. The SMILES string of the molecule is C[C@@H](Oc1cc(F)ccc1[N+](=O)[O-])C(=O)N(C)c1ccccc1. The molecule has 0 radical (unpaired) electrons. The summed E-state index contributed by atoms with van der Waals surface area (Å²) in [7, 11) is 1.57. The molecule has 0 aliphatic carbocycles. The van der Waals surface area contributed by atoms with Crippen molar-refractivity contribution in [3.05, 3.63) is 64.5 Å². The molecule has 0 aliphatic rings. The van der Waals surface area contributed by atoms with Crippen LogP contribution in [0.2, 0.25) is 0 Å². The number of likely N-dealkylation sites (N-methyl/N-ethyl adjacent to an activating group) is 1. The van der Waals surface area contributed by atoms with E-state index in [-0.39, 0.29) is 5.75 Å². The molecule has 2 aromatic carbocycles. The average molecular weight is 318 g/mol. The molecule has 0 spiro atoms. The summed E-state index contributed by atoms with van der Waals surface area (Å²) in [5.41, 5.74) is 0.259. The summed E-state index contributed by atoms with van der Waals surface area (Å²) >= 11 is 0. The second-order valence-corrected chi connectivity index (χ2v) is 4.86. The van der Waals surface area contributed by atoms with Gasteiger partial charge in [-0.1, -0.05) is 18.2 Å².